The number of benzene rings is 2. The van der Waals surface area contributed by atoms with Crippen LogP contribution in [0.2, 0.25) is 0 Å². The van der Waals surface area contributed by atoms with Gasteiger partial charge in [0.05, 0.1) is 11.8 Å². The first kappa shape index (κ1) is 20.4. The van der Waals surface area contributed by atoms with E-state index in [1.54, 1.807) is 12.1 Å². The molecule has 8 heteroatoms. The molecule has 4 amide bonds. The van der Waals surface area contributed by atoms with Crippen molar-refractivity contribution in [2.45, 2.75) is 30.8 Å². The molecule has 0 radical (unpaired) electrons. The molecule has 0 bridgehead atoms. The molecular weight excluding hydrogens is 408 g/mol. The largest absolute Gasteiger partial charge is 0.370 e. The van der Waals surface area contributed by atoms with Gasteiger partial charge in [0.1, 0.15) is 5.54 Å². The summed E-state index contributed by atoms with van der Waals surface area (Å²) in [5.74, 6) is -3.08. The van der Waals surface area contributed by atoms with Gasteiger partial charge in [-0.3, -0.25) is 29.4 Å². The minimum atomic E-state index is -1.34. The van der Waals surface area contributed by atoms with Crippen molar-refractivity contribution in [1.29, 1.82) is 0 Å². The Morgan fingerprint density at radius 2 is 1.72 bits per heavy atom. The number of amides is 4. The molecular formula is C24H24N4O4. The molecule has 164 valence electrons. The van der Waals surface area contributed by atoms with Crippen LogP contribution in [0.3, 0.4) is 0 Å². The number of likely N-dealkylation sites (tertiary alicyclic amines) is 1. The van der Waals surface area contributed by atoms with E-state index in [1.807, 2.05) is 42.5 Å². The predicted octanol–water partition coefficient (Wildman–Crippen LogP) is 0.915. The smallest absolute Gasteiger partial charge is 0.250 e. The van der Waals surface area contributed by atoms with Crippen LogP contribution < -0.4 is 16.4 Å². The molecule has 2 aromatic rings. The lowest BCUT2D eigenvalue weighted by Gasteiger charge is -2.29. The zero-order chi connectivity index (χ0) is 22.5. The lowest BCUT2D eigenvalue weighted by atomic mass is 9.76. The quantitative estimate of drug-likeness (QED) is 0.586. The van der Waals surface area contributed by atoms with Crippen LogP contribution in [-0.4, -0.2) is 41.1 Å². The van der Waals surface area contributed by atoms with E-state index in [0.29, 0.717) is 17.7 Å². The Morgan fingerprint density at radius 1 is 1.00 bits per heavy atom. The van der Waals surface area contributed by atoms with Crippen LogP contribution in [0.5, 0.6) is 0 Å². The summed E-state index contributed by atoms with van der Waals surface area (Å²) in [5.41, 5.74) is 6.32. The van der Waals surface area contributed by atoms with Gasteiger partial charge in [0.15, 0.2) is 0 Å². The molecule has 5 rings (SSSR count). The SMILES string of the molecule is NC(=O)CC[C@@H]1N[C@]2(C(=O)Nc3ccccc32)[C@@H]2C(=O)N(CCc3ccccc3)C(=O)[C@H]12. The highest BCUT2D eigenvalue weighted by atomic mass is 16.2. The number of para-hydroxylation sites is 1. The highest BCUT2D eigenvalue weighted by Gasteiger charge is 2.70. The molecule has 2 saturated heterocycles. The van der Waals surface area contributed by atoms with Gasteiger partial charge in [-0.1, -0.05) is 48.5 Å². The van der Waals surface area contributed by atoms with Crippen molar-refractivity contribution in [2.24, 2.45) is 17.6 Å². The molecule has 8 nitrogen and oxygen atoms in total. The van der Waals surface area contributed by atoms with E-state index in [-0.39, 0.29) is 37.1 Å². The average molecular weight is 432 g/mol. The highest BCUT2D eigenvalue weighted by Crippen LogP contribution is 2.53. The minimum Gasteiger partial charge on any atom is -0.370 e. The third-order valence-corrected chi connectivity index (χ3v) is 6.88. The number of nitrogens with two attached hydrogens (primary N) is 1. The monoisotopic (exact) mass is 432 g/mol. The Hall–Kier alpha value is -3.52. The van der Waals surface area contributed by atoms with Gasteiger partial charge in [-0.2, -0.15) is 0 Å². The Labute approximate surface area is 185 Å². The van der Waals surface area contributed by atoms with Gasteiger partial charge in [0.25, 0.3) is 0 Å². The highest BCUT2D eigenvalue weighted by molar-refractivity contribution is 6.15. The number of nitrogens with one attached hydrogen (secondary N) is 2. The Kier molecular flexibility index (Phi) is 4.82. The Balaban J connectivity index is 1.51. The second-order valence-electron chi connectivity index (χ2n) is 8.63. The molecule has 0 aliphatic carbocycles. The van der Waals surface area contributed by atoms with Crippen molar-refractivity contribution in [3.8, 4) is 0 Å². The number of fused-ring (bicyclic) bond motifs is 4. The number of rotatable bonds is 6. The fraction of sp³-hybridized carbons (Fsp3) is 0.333. The average Bonchev–Trinajstić information content (AvgIpc) is 3.36. The summed E-state index contributed by atoms with van der Waals surface area (Å²) in [4.78, 5) is 53.1. The summed E-state index contributed by atoms with van der Waals surface area (Å²) in [6.07, 6.45) is 0.873. The van der Waals surface area contributed by atoms with Crippen LogP contribution in [0, 0.1) is 11.8 Å². The van der Waals surface area contributed by atoms with Gasteiger partial charge in [0.2, 0.25) is 23.6 Å². The first-order valence-electron chi connectivity index (χ1n) is 10.8. The molecule has 3 heterocycles. The molecule has 4 atom stereocenters. The molecule has 0 aromatic heterocycles. The summed E-state index contributed by atoms with van der Waals surface area (Å²) < 4.78 is 0. The maximum absolute atomic E-state index is 13.6. The third-order valence-electron chi connectivity index (χ3n) is 6.88. The van der Waals surface area contributed by atoms with Crippen molar-refractivity contribution in [1.82, 2.24) is 10.2 Å². The van der Waals surface area contributed by atoms with E-state index < -0.39 is 29.3 Å². The normalized spacial score (nSPS) is 28.2. The molecule has 2 aromatic carbocycles. The number of nitrogens with zero attached hydrogens (tertiary/aromatic N) is 1. The summed E-state index contributed by atoms with van der Waals surface area (Å²) >= 11 is 0. The summed E-state index contributed by atoms with van der Waals surface area (Å²) in [5, 5.41) is 6.16. The van der Waals surface area contributed by atoms with Crippen LogP contribution >= 0.6 is 0 Å². The number of carbonyl (C=O) groups excluding carboxylic acids is 4. The van der Waals surface area contributed by atoms with Crippen LogP contribution in [0.4, 0.5) is 5.69 Å². The van der Waals surface area contributed by atoms with E-state index >= 15 is 0 Å². The topological polar surface area (TPSA) is 122 Å². The fourth-order valence-corrected chi connectivity index (χ4v) is 5.47. The van der Waals surface area contributed by atoms with Gasteiger partial charge < -0.3 is 11.1 Å². The van der Waals surface area contributed by atoms with Crippen LogP contribution in [0.25, 0.3) is 0 Å². The van der Waals surface area contributed by atoms with Gasteiger partial charge in [0, 0.05) is 30.3 Å². The molecule has 4 N–H and O–H groups in total. The van der Waals surface area contributed by atoms with Crippen molar-refractivity contribution in [3.63, 3.8) is 0 Å². The summed E-state index contributed by atoms with van der Waals surface area (Å²) in [7, 11) is 0. The van der Waals surface area contributed by atoms with Gasteiger partial charge in [-0.05, 0) is 24.5 Å². The molecule has 3 aliphatic rings. The maximum atomic E-state index is 13.6. The van der Waals surface area contributed by atoms with E-state index in [9.17, 15) is 19.2 Å². The van der Waals surface area contributed by atoms with Crippen LogP contribution in [0.1, 0.15) is 24.0 Å². The molecule has 3 aliphatic heterocycles. The zero-order valence-corrected chi connectivity index (χ0v) is 17.4. The number of primary amides is 1. The van der Waals surface area contributed by atoms with Crippen LogP contribution in [0.15, 0.2) is 54.6 Å². The lowest BCUT2D eigenvalue weighted by molar-refractivity contribution is -0.142. The second kappa shape index (κ2) is 7.56. The van der Waals surface area contributed by atoms with E-state index in [0.717, 1.165) is 5.56 Å². The van der Waals surface area contributed by atoms with Crippen LogP contribution in [-0.2, 0) is 31.1 Å². The molecule has 0 unspecified atom stereocenters. The molecule has 1 spiro atoms. The summed E-state index contributed by atoms with van der Waals surface area (Å²) in [6, 6.07) is 16.3. The lowest BCUT2D eigenvalue weighted by Crippen LogP contribution is -2.53. The number of carbonyl (C=O) groups is 4. The summed E-state index contributed by atoms with van der Waals surface area (Å²) in [6.45, 7) is 0.247. The fourth-order valence-electron chi connectivity index (χ4n) is 5.47. The van der Waals surface area contributed by atoms with Gasteiger partial charge >= 0.3 is 0 Å². The maximum Gasteiger partial charge on any atom is 0.250 e. The Morgan fingerprint density at radius 3 is 2.47 bits per heavy atom. The van der Waals surface area contributed by atoms with Crippen molar-refractivity contribution in [2.75, 3.05) is 11.9 Å². The standard InChI is InChI=1S/C24H24N4O4/c25-18(29)11-10-17-19-20(24(27-17)15-8-4-5-9-16(15)26-23(24)32)22(31)28(21(19)30)13-12-14-6-2-1-3-7-14/h1-9,17,19-20,27H,10-13H2,(H2,25,29)(H,26,32)/t17-,19+,20-,24-/m0/s1. The van der Waals surface area contributed by atoms with E-state index in [1.165, 1.54) is 4.90 Å². The van der Waals surface area contributed by atoms with Crippen molar-refractivity contribution >= 4 is 29.3 Å². The van der Waals surface area contributed by atoms with Crippen molar-refractivity contribution < 1.29 is 19.2 Å². The number of anilines is 1. The van der Waals surface area contributed by atoms with E-state index in [4.69, 9.17) is 5.73 Å². The van der Waals surface area contributed by atoms with E-state index in [2.05, 4.69) is 10.6 Å². The third kappa shape index (κ3) is 2.94. The Bertz CT molecular complexity index is 1120. The van der Waals surface area contributed by atoms with Crippen molar-refractivity contribution in [3.05, 3.63) is 65.7 Å². The van der Waals surface area contributed by atoms with Gasteiger partial charge in [-0.25, -0.2) is 0 Å². The minimum absolute atomic E-state index is 0.0612. The number of hydrogen-bond donors (Lipinski definition) is 3. The number of hydrogen-bond acceptors (Lipinski definition) is 5. The first-order chi connectivity index (χ1) is 15.4. The first-order valence-corrected chi connectivity index (χ1v) is 10.8. The number of imide groups is 1. The molecule has 32 heavy (non-hydrogen) atoms. The molecule has 2 fully saturated rings. The second-order valence-corrected chi connectivity index (χ2v) is 8.63. The van der Waals surface area contributed by atoms with Gasteiger partial charge in [-0.15, -0.1) is 0 Å². The zero-order valence-electron chi connectivity index (χ0n) is 17.4. The molecule has 0 saturated carbocycles. The predicted molar refractivity (Wildman–Crippen MR) is 116 cm³/mol.